The van der Waals surface area contributed by atoms with Gasteiger partial charge >= 0.3 is 0 Å². The monoisotopic (exact) mass is 367 g/mol. The molecule has 0 atom stereocenters. The predicted molar refractivity (Wildman–Crippen MR) is 105 cm³/mol. The fourth-order valence-corrected chi connectivity index (χ4v) is 3.49. The molecular formula is C20H21N3O2S. The van der Waals surface area contributed by atoms with Crippen molar-refractivity contribution in [3.05, 3.63) is 59.9 Å². The highest BCUT2D eigenvalue weighted by atomic mass is 32.2. The molecule has 0 saturated heterocycles. The van der Waals surface area contributed by atoms with Gasteiger partial charge < -0.3 is 10.1 Å². The standard InChI is InChI=1S/C20H21N3O2S/c1-14-22-18-6-4-3-5-17(18)20(23-14)26-13-19(24)21-12-11-15-7-9-16(25-2)10-8-15/h3-10H,11-13H2,1-2H3,(H,21,24). The van der Waals surface area contributed by atoms with Gasteiger partial charge in [-0.2, -0.15) is 0 Å². The molecule has 1 heterocycles. The molecule has 1 N–H and O–H groups in total. The number of ether oxygens (including phenoxy) is 1. The van der Waals surface area contributed by atoms with Gasteiger partial charge in [-0.05, 0) is 37.1 Å². The Morgan fingerprint density at radius 3 is 2.65 bits per heavy atom. The molecule has 2 aromatic carbocycles. The topological polar surface area (TPSA) is 64.1 Å². The third-order valence-electron chi connectivity index (χ3n) is 3.91. The molecule has 0 fully saturated rings. The van der Waals surface area contributed by atoms with Gasteiger partial charge in [0, 0.05) is 11.9 Å². The van der Waals surface area contributed by atoms with E-state index in [0.717, 1.165) is 33.7 Å². The molecule has 0 aliphatic carbocycles. The van der Waals surface area contributed by atoms with Gasteiger partial charge in [0.1, 0.15) is 16.6 Å². The van der Waals surface area contributed by atoms with Gasteiger partial charge in [0.2, 0.25) is 5.91 Å². The Morgan fingerprint density at radius 2 is 1.88 bits per heavy atom. The molecule has 3 aromatic rings. The quantitative estimate of drug-likeness (QED) is 0.512. The minimum Gasteiger partial charge on any atom is -0.497 e. The van der Waals surface area contributed by atoms with Crippen LogP contribution < -0.4 is 10.1 Å². The number of amides is 1. The van der Waals surface area contributed by atoms with Gasteiger partial charge in [-0.15, -0.1) is 0 Å². The summed E-state index contributed by atoms with van der Waals surface area (Å²) in [7, 11) is 1.65. The van der Waals surface area contributed by atoms with Crippen LogP contribution in [-0.2, 0) is 11.2 Å². The summed E-state index contributed by atoms with van der Waals surface area (Å²) in [4.78, 5) is 21.0. The predicted octanol–water partition coefficient (Wildman–Crippen LogP) is 3.40. The number of rotatable bonds is 7. The summed E-state index contributed by atoms with van der Waals surface area (Å²) in [6.07, 6.45) is 0.788. The van der Waals surface area contributed by atoms with E-state index in [0.29, 0.717) is 18.1 Å². The maximum Gasteiger partial charge on any atom is 0.230 e. The number of methoxy groups -OCH3 is 1. The van der Waals surface area contributed by atoms with E-state index in [2.05, 4.69) is 15.3 Å². The molecule has 0 spiro atoms. The van der Waals surface area contributed by atoms with Gasteiger partial charge in [-0.1, -0.05) is 42.1 Å². The number of carbonyl (C=O) groups excluding carboxylic acids is 1. The zero-order valence-electron chi connectivity index (χ0n) is 14.9. The first kappa shape index (κ1) is 18.2. The van der Waals surface area contributed by atoms with E-state index >= 15 is 0 Å². The van der Waals surface area contributed by atoms with E-state index in [1.807, 2.05) is 55.5 Å². The summed E-state index contributed by atoms with van der Waals surface area (Å²) in [5, 5.41) is 4.78. The van der Waals surface area contributed by atoms with E-state index in [1.54, 1.807) is 7.11 Å². The molecular weight excluding hydrogens is 346 g/mol. The summed E-state index contributed by atoms with van der Waals surface area (Å²) < 4.78 is 5.14. The van der Waals surface area contributed by atoms with Gasteiger partial charge in [0.15, 0.2) is 0 Å². The minimum absolute atomic E-state index is 0.00357. The molecule has 0 saturated carbocycles. The number of nitrogens with zero attached hydrogens (tertiary/aromatic N) is 2. The molecule has 1 amide bonds. The smallest absolute Gasteiger partial charge is 0.230 e. The van der Waals surface area contributed by atoms with Crippen LogP contribution in [0.2, 0.25) is 0 Å². The Labute approximate surface area is 157 Å². The van der Waals surface area contributed by atoms with Crippen molar-refractivity contribution in [3.63, 3.8) is 0 Å². The van der Waals surface area contributed by atoms with Crippen molar-refractivity contribution in [3.8, 4) is 5.75 Å². The van der Waals surface area contributed by atoms with E-state index in [-0.39, 0.29) is 5.91 Å². The molecule has 0 unspecified atom stereocenters. The van der Waals surface area contributed by atoms with Gasteiger partial charge in [0.25, 0.3) is 0 Å². The van der Waals surface area contributed by atoms with Crippen LogP contribution in [-0.4, -0.2) is 35.3 Å². The number of carbonyl (C=O) groups is 1. The molecule has 5 nitrogen and oxygen atoms in total. The Morgan fingerprint density at radius 1 is 1.12 bits per heavy atom. The van der Waals surface area contributed by atoms with Crippen LogP contribution in [0.25, 0.3) is 10.9 Å². The van der Waals surface area contributed by atoms with Gasteiger partial charge in [0.05, 0.1) is 18.4 Å². The molecule has 1 aromatic heterocycles. The Hall–Kier alpha value is -2.60. The lowest BCUT2D eigenvalue weighted by Crippen LogP contribution is -2.27. The van der Waals surface area contributed by atoms with Crippen molar-refractivity contribution in [2.24, 2.45) is 0 Å². The van der Waals surface area contributed by atoms with Crippen LogP contribution in [0, 0.1) is 6.92 Å². The molecule has 0 bridgehead atoms. The SMILES string of the molecule is COc1ccc(CCNC(=O)CSc2nc(C)nc3ccccc23)cc1. The number of hydrogen-bond donors (Lipinski definition) is 1. The van der Waals surface area contributed by atoms with Crippen LogP contribution in [0.4, 0.5) is 0 Å². The van der Waals surface area contributed by atoms with Crippen LogP contribution >= 0.6 is 11.8 Å². The highest BCUT2D eigenvalue weighted by Gasteiger charge is 2.09. The Kier molecular flexibility index (Phi) is 6.07. The fraction of sp³-hybridized carbons (Fsp3) is 0.250. The molecule has 0 aliphatic rings. The second-order valence-electron chi connectivity index (χ2n) is 5.83. The van der Waals surface area contributed by atoms with Crippen molar-refractivity contribution >= 4 is 28.6 Å². The highest BCUT2D eigenvalue weighted by molar-refractivity contribution is 8.00. The fourth-order valence-electron chi connectivity index (χ4n) is 2.59. The number of benzene rings is 2. The number of nitrogens with one attached hydrogen (secondary N) is 1. The zero-order valence-corrected chi connectivity index (χ0v) is 15.7. The van der Waals surface area contributed by atoms with E-state index in [9.17, 15) is 4.79 Å². The van der Waals surface area contributed by atoms with Crippen molar-refractivity contribution < 1.29 is 9.53 Å². The third-order valence-corrected chi connectivity index (χ3v) is 4.91. The number of para-hydroxylation sites is 1. The number of fused-ring (bicyclic) bond motifs is 1. The lowest BCUT2D eigenvalue weighted by Gasteiger charge is -2.08. The van der Waals surface area contributed by atoms with Crippen LogP contribution in [0.15, 0.2) is 53.6 Å². The summed E-state index contributed by atoms with van der Waals surface area (Å²) in [5.41, 5.74) is 2.07. The van der Waals surface area contributed by atoms with E-state index in [4.69, 9.17) is 4.74 Å². The average Bonchev–Trinajstić information content (AvgIpc) is 2.66. The zero-order chi connectivity index (χ0) is 18.4. The summed E-state index contributed by atoms with van der Waals surface area (Å²) in [6, 6.07) is 15.7. The molecule has 134 valence electrons. The first-order valence-electron chi connectivity index (χ1n) is 8.41. The lowest BCUT2D eigenvalue weighted by atomic mass is 10.1. The van der Waals surface area contributed by atoms with Crippen LogP contribution in [0.1, 0.15) is 11.4 Å². The second-order valence-corrected chi connectivity index (χ2v) is 6.79. The first-order chi connectivity index (χ1) is 12.7. The number of aryl methyl sites for hydroxylation is 1. The van der Waals surface area contributed by atoms with Crippen molar-refractivity contribution in [1.29, 1.82) is 0 Å². The molecule has 0 radical (unpaired) electrons. The molecule has 26 heavy (non-hydrogen) atoms. The van der Waals surface area contributed by atoms with Gasteiger partial charge in [-0.3, -0.25) is 4.79 Å². The number of thioether (sulfide) groups is 1. The van der Waals surface area contributed by atoms with Gasteiger partial charge in [-0.25, -0.2) is 9.97 Å². The molecule has 3 rings (SSSR count). The third kappa shape index (κ3) is 4.73. The van der Waals surface area contributed by atoms with Crippen molar-refractivity contribution in [2.45, 2.75) is 18.4 Å². The largest absolute Gasteiger partial charge is 0.497 e. The van der Waals surface area contributed by atoms with Crippen LogP contribution in [0.5, 0.6) is 5.75 Å². The van der Waals surface area contributed by atoms with Crippen molar-refractivity contribution in [1.82, 2.24) is 15.3 Å². The first-order valence-corrected chi connectivity index (χ1v) is 9.40. The summed E-state index contributed by atoms with van der Waals surface area (Å²) in [5.74, 6) is 1.89. The molecule has 6 heteroatoms. The lowest BCUT2D eigenvalue weighted by molar-refractivity contribution is -0.118. The minimum atomic E-state index is 0.00357. The van der Waals surface area contributed by atoms with Crippen LogP contribution in [0.3, 0.4) is 0 Å². The summed E-state index contributed by atoms with van der Waals surface area (Å²) in [6.45, 7) is 2.47. The van der Waals surface area contributed by atoms with Crippen molar-refractivity contribution in [2.75, 3.05) is 19.4 Å². The highest BCUT2D eigenvalue weighted by Crippen LogP contribution is 2.24. The number of hydrogen-bond acceptors (Lipinski definition) is 5. The molecule has 0 aliphatic heterocycles. The summed E-state index contributed by atoms with van der Waals surface area (Å²) >= 11 is 1.44. The maximum absolute atomic E-state index is 12.1. The Bertz CT molecular complexity index is 897. The normalized spacial score (nSPS) is 10.7. The number of aromatic nitrogens is 2. The second kappa shape index (κ2) is 8.67. The average molecular weight is 367 g/mol. The van der Waals surface area contributed by atoms with E-state index < -0.39 is 0 Å². The maximum atomic E-state index is 12.1. The van der Waals surface area contributed by atoms with E-state index in [1.165, 1.54) is 11.8 Å². The Balaban J connectivity index is 1.51.